The Kier molecular flexibility index (Phi) is 3.89. The van der Waals surface area contributed by atoms with Crippen LogP contribution in [-0.4, -0.2) is 15.3 Å². The van der Waals surface area contributed by atoms with Crippen molar-refractivity contribution in [1.29, 1.82) is 0 Å². The summed E-state index contributed by atoms with van der Waals surface area (Å²) in [6, 6.07) is 11.0. The van der Waals surface area contributed by atoms with Gasteiger partial charge in [-0.25, -0.2) is 4.98 Å². The Bertz CT molecular complexity index is 881. The number of hydrogen-bond donors (Lipinski definition) is 1. The highest BCUT2D eigenvalue weighted by Gasteiger charge is 2.15. The second kappa shape index (κ2) is 6.00. The predicted molar refractivity (Wildman–Crippen MR) is 89.7 cm³/mol. The Labute approximate surface area is 133 Å². The van der Waals surface area contributed by atoms with Gasteiger partial charge in [-0.15, -0.1) is 4.91 Å². The summed E-state index contributed by atoms with van der Waals surface area (Å²) in [4.78, 5) is 27.2. The molecule has 3 rings (SSSR count). The van der Waals surface area contributed by atoms with Crippen LogP contribution in [0.5, 0.6) is 0 Å². The van der Waals surface area contributed by atoms with E-state index < -0.39 is 0 Å². The average molecular weight is 308 g/mol. The van der Waals surface area contributed by atoms with Crippen LogP contribution in [0.4, 0.5) is 11.5 Å². The van der Waals surface area contributed by atoms with Crippen LogP contribution >= 0.6 is 0 Å². The van der Waals surface area contributed by atoms with Gasteiger partial charge in [0.1, 0.15) is 11.3 Å². The van der Waals surface area contributed by atoms with Crippen LogP contribution in [0.1, 0.15) is 18.9 Å². The van der Waals surface area contributed by atoms with Crippen molar-refractivity contribution < 1.29 is 4.79 Å². The molecule has 0 bridgehead atoms. The first-order valence-corrected chi connectivity index (χ1v) is 7.34. The monoisotopic (exact) mass is 308 g/mol. The van der Waals surface area contributed by atoms with E-state index in [2.05, 4.69) is 15.5 Å². The summed E-state index contributed by atoms with van der Waals surface area (Å²) in [5.74, 6) is 0.224. The fourth-order valence-corrected chi connectivity index (χ4v) is 2.38. The number of pyridine rings is 1. The molecule has 0 saturated heterocycles. The van der Waals surface area contributed by atoms with Crippen LogP contribution in [-0.2, 0) is 4.79 Å². The van der Waals surface area contributed by atoms with Crippen LogP contribution in [0.3, 0.4) is 0 Å². The Morgan fingerprint density at radius 2 is 2.00 bits per heavy atom. The summed E-state index contributed by atoms with van der Waals surface area (Å²) in [5, 5.41) is 5.91. The number of anilines is 1. The van der Waals surface area contributed by atoms with Gasteiger partial charge in [-0.1, -0.05) is 19.1 Å². The Balaban J connectivity index is 2.02. The van der Waals surface area contributed by atoms with E-state index in [0.717, 1.165) is 11.1 Å². The van der Waals surface area contributed by atoms with Crippen molar-refractivity contribution in [2.45, 2.75) is 20.3 Å². The van der Waals surface area contributed by atoms with Crippen LogP contribution in [0.15, 0.2) is 47.8 Å². The molecular weight excluding hydrogens is 292 g/mol. The largest absolute Gasteiger partial charge is 0.326 e. The Hall–Kier alpha value is -3.02. The highest BCUT2D eigenvalue weighted by atomic mass is 16.3. The molecule has 6 heteroatoms. The average Bonchev–Trinajstić information content (AvgIpc) is 2.92. The first-order valence-electron chi connectivity index (χ1n) is 7.34. The van der Waals surface area contributed by atoms with E-state index in [4.69, 9.17) is 0 Å². The van der Waals surface area contributed by atoms with E-state index in [1.54, 1.807) is 29.7 Å². The zero-order valence-corrected chi connectivity index (χ0v) is 12.9. The molecule has 0 atom stereocenters. The smallest absolute Gasteiger partial charge is 0.224 e. The zero-order valence-electron chi connectivity index (χ0n) is 12.9. The number of nitroso groups, excluding NO2 is 1. The maximum absolute atomic E-state index is 11.4. The first-order chi connectivity index (χ1) is 11.1. The van der Waals surface area contributed by atoms with Gasteiger partial charge < -0.3 is 5.32 Å². The van der Waals surface area contributed by atoms with E-state index in [0.29, 0.717) is 23.4 Å². The molecule has 0 fully saturated rings. The topological polar surface area (TPSA) is 75.8 Å². The molecule has 3 aromatic rings. The van der Waals surface area contributed by atoms with Gasteiger partial charge in [-0.2, -0.15) is 0 Å². The van der Waals surface area contributed by atoms with Gasteiger partial charge in [0.15, 0.2) is 0 Å². The third kappa shape index (κ3) is 2.83. The molecule has 6 nitrogen and oxygen atoms in total. The molecule has 2 heterocycles. The van der Waals surface area contributed by atoms with Gasteiger partial charge >= 0.3 is 0 Å². The normalized spacial score (nSPS) is 10.7. The van der Waals surface area contributed by atoms with E-state index >= 15 is 0 Å². The third-order valence-electron chi connectivity index (χ3n) is 3.61. The molecule has 1 aromatic carbocycles. The number of nitrogens with one attached hydrogen (secondary N) is 1. The second-order valence-electron chi connectivity index (χ2n) is 5.29. The fraction of sp³-hybridized carbons (Fsp3) is 0.176. The van der Waals surface area contributed by atoms with Crippen molar-refractivity contribution >= 4 is 23.1 Å². The molecular formula is C17H16N4O2. The van der Waals surface area contributed by atoms with Gasteiger partial charge in [-0.05, 0) is 41.9 Å². The first kappa shape index (κ1) is 14.9. The van der Waals surface area contributed by atoms with Crippen LogP contribution in [0.25, 0.3) is 16.9 Å². The van der Waals surface area contributed by atoms with Crippen molar-refractivity contribution in [3.8, 4) is 11.3 Å². The highest BCUT2D eigenvalue weighted by Crippen LogP contribution is 2.31. The van der Waals surface area contributed by atoms with Gasteiger partial charge in [0, 0.05) is 23.9 Å². The quantitative estimate of drug-likeness (QED) is 0.738. The zero-order chi connectivity index (χ0) is 16.4. The number of aromatic nitrogens is 2. The van der Waals surface area contributed by atoms with Crippen LogP contribution < -0.4 is 5.32 Å². The van der Waals surface area contributed by atoms with Crippen molar-refractivity contribution in [3.63, 3.8) is 0 Å². The van der Waals surface area contributed by atoms with E-state index in [-0.39, 0.29) is 11.7 Å². The molecule has 1 amide bonds. The fourth-order valence-electron chi connectivity index (χ4n) is 2.38. The molecule has 0 spiro atoms. The summed E-state index contributed by atoms with van der Waals surface area (Å²) < 4.78 is 1.67. The number of benzene rings is 1. The standard InChI is InChI=1S/C17H16N4O2/c1-3-15(22)18-13-6-4-12(5-7-13)16-17(20-23)21-9-8-11(2)10-14(21)19-16/h4-10H,3H2,1-2H3,(H,18,22). The van der Waals surface area contributed by atoms with Crippen molar-refractivity contribution in [2.24, 2.45) is 5.18 Å². The van der Waals surface area contributed by atoms with E-state index in [9.17, 15) is 9.70 Å². The third-order valence-corrected chi connectivity index (χ3v) is 3.61. The molecule has 1 N–H and O–H groups in total. The SMILES string of the molecule is CCC(=O)Nc1ccc(-c2nc3cc(C)ccn3c2N=O)cc1. The molecule has 0 aliphatic rings. The Morgan fingerprint density at radius 3 is 2.65 bits per heavy atom. The number of imidazole rings is 1. The lowest BCUT2D eigenvalue weighted by Crippen LogP contribution is -2.08. The highest BCUT2D eigenvalue weighted by molar-refractivity contribution is 5.90. The molecule has 0 aliphatic heterocycles. The number of aryl methyl sites for hydroxylation is 1. The molecule has 0 unspecified atom stereocenters. The molecule has 2 aromatic heterocycles. The minimum Gasteiger partial charge on any atom is -0.326 e. The molecule has 23 heavy (non-hydrogen) atoms. The molecule has 116 valence electrons. The van der Waals surface area contributed by atoms with Gasteiger partial charge in [0.05, 0.1) is 0 Å². The maximum Gasteiger partial charge on any atom is 0.224 e. The predicted octanol–water partition coefficient (Wildman–Crippen LogP) is 4.06. The number of carbonyl (C=O) groups is 1. The van der Waals surface area contributed by atoms with Gasteiger partial charge in [-0.3, -0.25) is 9.20 Å². The molecule has 0 radical (unpaired) electrons. The van der Waals surface area contributed by atoms with Crippen molar-refractivity contribution in [3.05, 3.63) is 53.1 Å². The lowest BCUT2D eigenvalue weighted by molar-refractivity contribution is -0.115. The van der Waals surface area contributed by atoms with Gasteiger partial charge in [0.25, 0.3) is 0 Å². The summed E-state index contributed by atoms with van der Waals surface area (Å²) >= 11 is 0. The lowest BCUT2D eigenvalue weighted by atomic mass is 10.1. The number of rotatable bonds is 4. The van der Waals surface area contributed by atoms with E-state index in [1.165, 1.54) is 0 Å². The van der Waals surface area contributed by atoms with E-state index in [1.807, 2.05) is 31.2 Å². The minimum absolute atomic E-state index is 0.0452. The summed E-state index contributed by atoms with van der Waals surface area (Å²) in [6.07, 6.45) is 2.21. The lowest BCUT2D eigenvalue weighted by Gasteiger charge is -2.04. The van der Waals surface area contributed by atoms with Gasteiger partial charge in [0.2, 0.25) is 11.7 Å². The number of carbonyl (C=O) groups excluding carboxylic acids is 1. The number of nitrogens with zero attached hydrogens (tertiary/aromatic N) is 3. The van der Waals surface area contributed by atoms with Crippen LogP contribution in [0, 0.1) is 11.8 Å². The number of hydrogen-bond acceptors (Lipinski definition) is 4. The Morgan fingerprint density at radius 1 is 1.26 bits per heavy atom. The summed E-state index contributed by atoms with van der Waals surface area (Å²) in [5.41, 5.74) is 3.75. The number of amides is 1. The summed E-state index contributed by atoms with van der Waals surface area (Å²) in [6.45, 7) is 3.76. The molecule has 0 aliphatic carbocycles. The minimum atomic E-state index is -0.0452. The maximum atomic E-state index is 11.4. The second-order valence-corrected chi connectivity index (χ2v) is 5.29. The molecule has 0 saturated carbocycles. The number of fused-ring (bicyclic) bond motifs is 1. The van der Waals surface area contributed by atoms with Crippen molar-refractivity contribution in [2.75, 3.05) is 5.32 Å². The van der Waals surface area contributed by atoms with Crippen LogP contribution in [0.2, 0.25) is 0 Å². The van der Waals surface area contributed by atoms with Crippen molar-refractivity contribution in [1.82, 2.24) is 9.38 Å². The summed E-state index contributed by atoms with van der Waals surface area (Å²) in [7, 11) is 0.